The first kappa shape index (κ1) is 16.1. The van der Waals surface area contributed by atoms with Crippen molar-refractivity contribution >= 4 is 17.7 Å². The van der Waals surface area contributed by atoms with Crippen LogP contribution in [0.4, 0.5) is 4.39 Å². The van der Waals surface area contributed by atoms with Gasteiger partial charge in [-0.2, -0.15) is 16.9 Å². The first-order valence-electron chi connectivity index (χ1n) is 7.76. The highest BCUT2D eigenvalue weighted by atomic mass is 32.2. The van der Waals surface area contributed by atoms with Crippen LogP contribution in [0.15, 0.2) is 24.3 Å². The van der Waals surface area contributed by atoms with Crippen LogP contribution >= 0.6 is 11.8 Å². The third-order valence-electron chi connectivity index (χ3n) is 3.94. The second-order valence-corrected chi connectivity index (χ2v) is 6.99. The highest BCUT2D eigenvalue weighted by molar-refractivity contribution is 7.99. The number of carbonyl (C=O) groups is 1. The molecule has 1 fully saturated rings. The average molecular weight is 333 g/mol. The molecule has 0 saturated carbocycles. The van der Waals surface area contributed by atoms with Gasteiger partial charge in [0.25, 0.3) is 5.91 Å². The van der Waals surface area contributed by atoms with E-state index in [0.717, 1.165) is 42.4 Å². The topological polar surface area (TPSA) is 38.1 Å². The number of halogens is 1. The Morgan fingerprint density at radius 2 is 2.04 bits per heavy atom. The first-order chi connectivity index (χ1) is 11.1. The number of amides is 1. The minimum Gasteiger partial charge on any atom is -0.338 e. The third-order valence-corrected chi connectivity index (χ3v) is 4.99. The maximum atomic E-state index is 14.5. The number of benzene rings is 1. The zero-order chi connectivity index (χ0) is 16.4. The summed E-state index contributed by atoms with van der Waals surface area (Å²) < 4.78 is 16.1. The Morgan fingerprint density at radius 3 is 2.74 bits per heavy atom. The number of aromatic nitrogens is 2. The molecule has 122 valence electrons. The van der Waals surface area contributed by atoms with E-state index in [0.29, 0.717) is 11.3 Å². The number of carbonyl (C=O) groups excluding carboxylic acids is 1. The van der Waals surface area contributed by atoms with Gasteiger partial charge in [0.2, 0.25) is 0 Å². The van der Waals surface area contributed by atoms with Crippen LogP contribution in [0.1, 0.15) is 28.2 Å². The number of thioether (sulfide) groups is 1. The van der Waals surface area contributed by atoms with Gasteiger partial charge >= 0.3 is 0 Å². The quantitative estimate of drug-likeness (QED) is 0.847. The summed E-state index contributed by atoms with van der Waals surface area (Å²) in [6.07, 6.45) is 0.989. The molecule has 4 nitrogen and oxygen atoms in total. The minimum absolute atomic E-state index is 0.0914. The number of hydrogen-bond donors (Lipinski definition) is 0. The molecule has 2 aromatic rings. The lowest BCUT2D eigenvalue weighted by Gasteiger charge is -2.20. The van der Waals surface area contributed by atoms with Crippen LogP contribution in [0.2, 0.25) is 0 Å². The van der Waals surface area contributed by atoms with Crippen LogP contribution in [-0.2, 0) is 0 Å². The molecule has 0 N–H and O–H groups in total. The van der Waals surface area contributed by atoms with Crippen molar-refractivity contribution in [3.05, 3.63) is 47.0 Å². The van der Waals surface area contributed by atoms with Gasteiger partial charge in [0.05, 0.1) is 5.69 Å². The maximum absolute atomic E-state index is 14.5. The number of rotatable bonds is 2. The Labute approximate surface area is 139 Å². The van der Waals surface area contributed by atoms with Gasteiger partial charge in [-0.3, -0.25) is 4.79 Å². The van der Waals surface area contributed by atoms with Crippen molar-refractivity contribution in [2.24, 2.45) is 0 Å². The van der Waals surface area contributed by atoms with Crippen molar-refractivity contribution in [1.29, 1.82) is 0 Å². The van der Waals surface area contributed by atoms with E-state index in [1.165, 1.54) is 6.07 Å². The number of hydrogen-bond acceptors (Lipinski definition) is 3. The Hall–Kier alpha value is -1.82. The Kier molecular flexibility index (Phi) is 4.71. The molecule has 1 aliphatic heterocycles. The zero-order valence-corrected chi connectivity index (χ0v) is 14.2. The summed E-state index contributed by atoms with van der Waals surface area (Å²) in [5.41, 5.74) is 2.48. The van der Waals surface area contributed by atoms with Crippen molar-refractivity contribution < 1.29 is 9.18 Å². The van der Waals surface area contributed by atoms with Gasteiger partial charge in [-0.15, -0.1) is 0 Å². The van der Waals surface area contributed by atoms with E-state index in [-0.39, 0.29) is 5.91 Å². The van der Waals surface area contributed by atoms with Crippen molar-refractivity contribution in [1.82, 2.24) is 14.7 Å². The lowest BCUT2D eigenvalue weighted by atomic mass is 10.1. The fourth-order valence-electron chi connectivity index (χ4n) is 2.82. The van der Waals surface area contributed by atoms with Crippen LogP contribution < -0.4 is 0 Å². The van der Waals surface area contributed by atoms with Crippen molar-refractivity contribution in [2.75, 3.05) is 24.6 Å². The van der Waals surface area contributed by atoms with E-state index in [2.05, 4.69) is 5.10 Å². The molecule has 0 bridgehead atoms. The van der Waals surface area contributed by atoms with Gasteiger partial charge in [-0.1, -0.05) is 0 Å². The third kappa shape index (κ3) is 3.42. The van der Waals surface area contributed by atoms with Crippen LogP contribution in [0.25, 0.3) is 5.69 Å². The fourth-order valence-corrected chi connectivity index (χ4v) is 3.70. The summed E-state index contributed by atoms with van der Waals surface area (Å²) in [6.45, 7) is 5.22. The maximum Gasteiger partial charge on any atom is 0.253 e. The molecular weight excluding hydrogens is 313 g/mol. The molecular formula is C17H20FN3OS. The van der Waals surface area contributed by atoms with Gasteiger partial charge in [0, 0.05) is 30.1 Å². The summed E-state index contributed by atoms with van der Waals surface area (Å²) in [7, 11) is 0. The summed E-state index contributed by atoms with van der Waals surface area (Å²) in [5.74, 6) is 1.50. The van der Waals surface area contributed by atoms with Gasteiger partial charge in [0.1, 0.15) is 11.5 Å². The normalized spacial score (nSPS) is 15.5. The molecule has 1 aromatic carbocycles. The van der Waals surface area contributed by atoms with Gasteiger partial charge < -0.3 is 4.90 Å². The van der Waals surface area contributed by atoms with Crippen LogP contribution in [-0.4, -0.2) is 45.2 Å². The lowest BCUT2D eigenvalue weighted by molar-refractivity contribution is 0.0768. The van der Waals surface area contributed by atoms with Gasteiger partial charge in [0.15, 0.2) is 0 Å². The molecule has 0 atom stereocenters. The van der Waals surface area contributed by atoms with Crippen molar-refractivity contribution in [3.8, 4) is 5.69 Å². The monoisotopic (exact) mass is 333 g/mol. The molecule has 6 heteroatoms. The van der Waals surface area contributed by atoms with Gasteiger partial charge in [-0.05, 0) is 50.3 Å². The second-order valence-electron chi connectivity index (χ2n) is 5.76. The smallest absolute Gasteiger partial charge is 0.253 e. The van der Waals surface area contributed by atoms with E-state index in [1.54, 1.807) is 16.8 Å². The van der Waals surface area contributed by atoms with Crippen LogP contribution in [0.3, 0.4) is 0 Å². The van der Waals surface area contributed by atoms with Crippen LogP contribution in [0, 0.1) is 19.7 Å². The molecule has 0 aliphatic carbocycles. The zero-order valence-electron chi connectivity index (χ0n) is 13.4. The average Bonchev–Trinajstić information content (AvgIpc) is 2.74. The van der Waals surface area contributed by atoms with E-state index in [1.807, 2.05) is 36.6 Å². The molecule has 1 aliphatic rings. The summed E-state index contributed by atoms with van der Waals surface area (Å²) >= 11 is 1.86. The molecule has 2 heterocycles. The molecule has 1 aromatic heterocycles. The van der Waals surface area contributed by atoms with Crippen molar-refractivity contribution in [3.63, 3.8) is 0 Å². The molecule has 0 spiro atoms. The van der Waals surface area contributed by atoms with E-state index < -0.39 is 5.82 Å². The molecule has 3 rings (SSSR count). The highest BCUT2D eigenvalue weighted by Crippen LogP contribution is 2.19. The largest absolute Gasteiger partial charge is 0.338 e. The summed E-state index contributed by atoms with van der Waals surface area (Å²) in [4.78, 5) is 14.4. The highest BCUT2D eigenvalue weighted by Gasteiger charge is 2.19. The summed E-state index contributed by atoms with van der Waals surface area (Å²) in [5, 5.41) is 4.30. The van der Waals surface area contributed by atoms with Crippen LogP contribution in [0.5, 0.6) is 0 Å². The van der Waals surface area contributed by atoms with E-state index in [9.17, 15) is 9.18 Å². The fraction of sp³-hybridized carbons (Fsp3) is 0.412. The Bertz CT molecular complexity index is 721. The number of nitrogens with zero attached hydrogens (tertiary/aromatic N) is 3. The van der Waals surface area contributed by atoms with Crippen molar-refractivity contribution in [2.45, 2.75) is 20.3 Å². The predicted molar refractivity (Wildman–Crippen MR) is 90.8 cm³/mol. The number of aryl methyl sites for hydroxylation is 2. The first-order valence-corrected chi connectivity index (χ1v) is 8.92. The Balaban J connectivity index is 1.86. The lowest BCUT2D eigenvalue weighted by Crippen LogP contribution is -2.33. The van der Waals surface area contributed by atoms with E-state index in [4.69, 9.17) is 0 Å². The molecule has 23 heavy (non-hydrogen) atoms. The molecule has 0 radical (unpaired) electrons. The predicted octanol–water partition coefficient (Wildman–Crippen LogP) is 3.21. The summed E-state index contributed by atoms with van der Waals surface area (Å²) in [6, 6.07) is 6.55. The van der Waals surface area contributed by atoms with E-state index >= 15 is 0 Å². The minimum atomic E-state index is -0.425. The van der Waals surface area contributed by atoms with Gasteiger partial charge in [-0.25, -0.2) is 9.07 Å². The Morgan fingerprint density at radius 1 is 1.22 bits per heavy atom. The molecule has 1 saturated heterocycles. The molecule has 0 unspecified atom stereocenters. The SMILES string of the molecule is Cc1cc(C)n(-c2ccc(C(=O)N3CCCSCC3)cc2F)n1. The standard InChI is InChI=1S/C17H20FN3OS/c1-12-10-13(2)21(19-12)16-5-4-14(11-15(16)18)17(22)20-6-3-8-23-9-7-20/h4-5,10-11H,3,6-9H2,1-2H3. The molecule has 1 amide bonds. The second kappa shape index (κ2) is 6.74.